The first kappa shape index (κ1) is 16.3. The third-order valence-corrected chi connectivity index (χ3v) is 4.52. The highest BCUT2D eigenvalue weighted by Gasteiger charge is 2.31. The number of fused-ring (bicyclic) bond motifs is 1. The quantitative estimate of drug-likeness (QED) is 0.776. The monoisotopic (exact) mass is 332 g/mol. The van der Waals surface area contributed by atoms with Crippen molar-refractivity contribution in [2.24, 2.45) is 5.92 Å². The van der Waals surface area contributed by atoms with E-state index in [0.717, 1.165) is 0 Å². The van der Waals surface area contributed by atoms with Gasteiger partial charge in [0.25, 0.3) is 5.91 Å². The molecule has 1 heterocycles. The molecule has 1 aromatic carbocycles. The molecule has 3 rings (SSSR count). The van der Waals surface area contributed by atoms with E-state index in [1.54, 1.807) is 24.3 Å². The number of benzene rings is 1. The summed E-state index contributed by atoms with van der Waals surface area (Å²) in [7, 11) is 0. The van der Waals surface area contributed by atoms with Crippen LogP contribution >= 0.6 is 0 Å². The molecule has 1 saturated carbocycles. The van der Waals surface area contributed by atoms with Crippen molar-refractivity contribution in [3.8, 4) is 5.75 Å². The van der Waals surface area contributed by atoms with Crippen LogP contribution in [0.1, 0.15) is 32.1 Å². The van der Waals surface area contributed by atoms with Crippen LogP contribution < -0.4 is 15.4 Å². The first-order valence-corrected chi connectivity index (χ1v) is 8.11. The van der Waals surface area contributed by atoms with Gasteiger partial charge >= 0.3 is 5.97 Å². The molecule has 0 radical (unpaired) electrons. The Kier molecular flexibility index (Phi) is 4.69. The van der Waals surface area contributed by atoms with Gasteiger partial charge in [0.2, 0.25) is 5.91 Å². The molecular formula is C17H20N2O5. The molecule has 1 fully saturated rings. The fraction of sp³-hybridized carbons (Fsp3) is 0.471. The molecule has 24 heavy (non-hydrogen) atoms. The number of nitrogens with one attached hydrogen (secondary N) is 2. The van der Waals surface area contributed by atoms with E-state index >= 15 is 0 Å². The fourth-order valence-electron chi connectivity index (χ4n) is 3.17. The summed E-state index contributed by atoms with van der Waals surface area (Å²) in [4.78, 5) is 35.1. The third-order valence-electron chi connectivity index (χ3n) is 4.52. The number of carboxylic acid groups (broad SMARTS) is 1. The highest BCUT2D eigenvalue weighted by atomic mass is 16.5. The zero-order chi connectivity index (χ0) is 17.1. The Morgan fingerprint density at radius 3 is 2.62 bits per heavy atom. The number of aliphatic carboxylic acids is 1. The van der Waals surface area contributed by atoms with E-state index in [-0.39, 0.29) is 30.2 Å². The number of anilines is 1. The first-order valence-electron chi connectivity index (χ1n) is 8.11. The van der Waals surface area contributed by atoms with Crippen LogP contribution in [0, 0.1) is 5.92 Å². The maximum atomic E-state index is 12.2. The third kappa shape index (κ3) is 3.67. The Morgan fingerprint density at radius 1 is 1.21 bits per heavy atom. The summed E-state index contributed by atoms with van der Waals surface area (Å²) in [5.41, 5.74) is 0.603. The Labute approximate surface area is 139 Å². The molecule has 1 atom stereocenters. The molecule has 1 aliphatic heterocycles. The maximum absolute atomic E-state index is 12.2. The number of hydrogen-bond acceptors (Lipinski definition) is 4. The van der Waals surface area contributed by atoms with Crippen LogP contribution in [0.5, 0.6) is 5.75 Å². The average molecular weight is 332 g/mol. The number of para-hydroxylation sites is 2. The van der Waals surface area contributed by atoms with Crippen molar-refractivity contribution in [3.05, 3.63) is 24.3 Å². The van der Waals surface area contributed by atoms with Gasteiger partial charge in [0, 0.05) is 6.04 Å². The van der Waals surface area contributed by atoms with Gasteiger partial charge < -0.3 is 20.5 Å². The maximum Gasteiger partial charge on any atom is 0.306 e. The van der Waals surface area contributed by atoms with Gasteiger partial charge in [-0.1, -0.05) is 12.1 Å². The lowest BCUT2D eigenvalue weighted by molar-refractivity contribution is -0.143. The van der Waals surface area contributed by atoms with Gasteiger partial charge in [-0.15, -0.1) is 0 Å². The van der Waals surface area contributed by atoms with Gasteiger partial charge in [-0.25, -0.2) is 0 Å². The summed E-state index contributed by atoms with van der Waals surface area (Å²) in [6.45, 7) is 0. The number of ether oxygens (including phenoxy) is 1. The summed E-state index contributed by atoms with van der Waals surface area (Å²) in [6.07, 6.45) is 1.50. The van der Waals surface area contributed by atoms with Crippen molar-refractivity contribution in [2.75, 3.05) is 5.32 Å². The van der Waals surface area contributed by atoms with Crippen molar-refractivity contribution in [3.63, 3.8) is 0 Å². The minimum atomic E-state index is -0.852. The van der Waals surface area contributed by atoms with Gasteiger partial charge in [-0.2, -0.15) is 0 Å². The Morgan fingerprint density at radius 2 is 1.92 bits per heavy atom. The van der Waals surface area contributed by atoms with Crippen molar-refractivity contribution in [1.29, 1.82) is 0 Å². The van der Waals surface area contributed by atoms with Crippen LogP contribution in [0.4, 0.5) is 5.69 Å². The number of rotatable bonds is 4. The molecule has 1 aromatic rings. The van der Waals surface area contributed by atoms with E-state index in [2.05, 4.69) is 10.6 Å². The van der Waals surface area contributed by atoms with E-state index in [9.17, 15) is 14.4 Å². The van der Waals surface area contributed by atoms with Gasteiger partial charge in [-0.3, -0.25) is 14.4 Å². The van der Waals surface area contributed by atoms with Gasteiger partial charge in [0.05, 0.1) is 18.0 Å². The Hall–Kier alpha value is -2.57. The second-order valence-corrected chi connectivity index (χ2v) is 6.25. The van der Waals surface area contributed by atoms with Gasteiger partial charge in [-0.05, 0) is 37.8 Å². The molecule has 3 N–H and O–H groups in total. The molecule has 0 bridgehead atoms. The minimum absolute atomic E-state index is 0.0351. The lowest BCUT2D eigenvalue weighted by Crippen LogP contribution is -2.44. The van der Waals surface area contributed by atoms with Crippen LogP contribution in [-0.4, -0.2) is 35.0 Å². The van der Waals surface area contributed by atoms with E-state index in [0.29, 0.717) is 37.1 Å². The number of carbonyl (C=O) groups excluding carboxylic acids is 2. The van der Waals surface area contributed by atoms with E-state index < -0.39 is 12.1 Å². The lowest BCUT2D eigenvalue weighted by Gasteiger charge is -2.28. The molecule has 7 heteroatoms. The van der Waals surface area contributed by atoms with Crippen molar-refractivity contribution in [1.82, 2.24) is 5.32 Å². The SMILES string of the molecule is O=C(CC1Oc2ccccc2NC1=O)NC1CCC(C(=O)O)CC1. The van der Waals surface area contributed by atoms with Crippen molar-refractivity contribution >= 4 is 23.5 Å². The highest BCUT2D eigenvalue weighted by molar-refractivity contribution is 5.99. The first-order chi connectivity index (χ1) is 11.5. The largest absolute Gasteiger partial charge is 0.481 e. The lowest BCUT2D eigenvalue weighted by atomic mass is 9.86. The summed E-state index contributed by atoms with van der Waals surface area (Å²) in [5, 5.41) is 14.6. The molecule has 1 unspecified atom stereocenters. The van der Waals surface area contributed by atoms with Crippen LogP contribution in [-0.2, 0) is 14.4 Å². The number of amides is 2. The normalized spacial score (nSPS) is 25.8. The second-order valence-electron chi connectivity index (χ2n) is 6.25. The van der Waals surface area contributed by atoms with Crippen molar-refractivity contribution in [2.45, 2.75) is 44.2 Å². The molecule has 0 spiro atoms. The Bertz CT molecular complexity index is 652. The summed E-state index contributed by atoms with van der Waals surface area (Å²) in [5.74, 6) is -1.13. The zero-order valence-electron chi connectivity index (χ0n) is 13.2. The molecule has 1 aliphatic carbocycles. The molecule has 128 valence electrons. The molecular weight excluding hydrogens is 312 g/mol. The smallest absolute Gasteiger partial charge is 0.306 e. The molecule has 0 aromatic heterocycles. The average Bonchev–Trinajstić information content (AvgIpc) is 2.56. The Balaban J connectivity index is 1.51. The van der Waals surface area contributed by atoms with E-state index in [1.807, 2.05) is 0 Å². The molecule has 7 nitrogen and oxygen atoms in total. The van der Waals surface area contributed by atoms with Gasteiger partial charge in [0.1, 0.15) is 5.75 Å². The summed E-state index contributed by atoms with van der Waals surface area (Å²) >= 11 is 0. The predicted octanol–water partition coefficient (Wildman–Crippen LogP) is 1.54. The topological polar surface area (TPSA) is 105 Å². The van der Waals surface area contributed by atoms with Gasteiger partial charge in [0.15, 0.2) is 6.10 Å². The van der Waals surface area contributed by atoms with E-state index in [1.165, 1.54) is 0 Å². The summed E-state index contributed by atoms with van der Waals surface area (Å²) < 4.78 is 5.60. The molecule has 2 amide bonds. The van der Waals surface area contributed by atoms with Crippen LogP contribution in [0.25, 0.3) is 0 Å². The summed E-state index contributed by atoms with van der Waals surface area (Å²) in [6, 6.07) is 7.04. The second kappa shape index (κ2) is 6.90. The fourth-order valence-corrected chi connectivity index (χ4v) is 3.17. The highest BCUT2D eigenvalue weighted by Crippen LogP contribution is 2.30. The molecule has 0 saturated heterocycles. The number of hydrogen-bond donors (Lipinski definition) is 3. The minimum Gasteiger partial charge on any atom is -0.481 e. The van der Waals surface area contributed by atoms with Crippen LogP contribution in [0.2, 0.25) is 0 Å². The van der Waals surface area contributed by atoms with E-state index in [4.69, 9.17) is 9.84 Å². The number of carbonyl (C=O) groups is 3. The van der Waals surface area contributed by atoms with Crippen LogP contribution in [0.15, 0.2) is 24.3 Å². The van der Waals surface area contributed by atoms with Crippen molar-refractivity contribution < 1.29 is 24.2 Å². The van der Waals surface area contributed by atoms with Crippen LogP contribution in [0.3, 0.4) is 0 Å². The standard InChI is InChI=1S/C17H20N2O5/c20-15(18-11-7-5-10(6-8-11)17(22)23)9-14-16(21)19-12-3-1-2-4-13(12)24-14/h1-4,10-11,14H,5-9H2,(H,18,20)(H,19,21)(H,22,23). The predicted molar refractivity (Wildman–Crippen MR) is 85.6 cm³/mol. The zero-order valence-corrected chi connectivity index (χ0v) is 13.2. The number of carboxylic acids is 1. The molecule has 2 aliphatic rings.